The second-order valence-electron chi connectivity index (χ2n) is 4.88. The zero-order valence-electron chi connectivity index (χ0n) is 11.8. The molecule has 19 heavy (non-hydrogen) atoms. The molecular formula is C15H22N2S2. The third-order valence-corrected chi connectivity index (χ3v) is 5.31. The Hall–Kier alpha value is -0.680. The zero-order chi connectivity index (χ0) is 13.7. The van der Waals surface area contributed by atoms with Crippen molar-refractivity contribution in [3.8, 4) is 0 Å². The Morgan fingerprint density at radius 2 is 1.74 bits per heavy atom. The highest BCUT2D eigenvalue weighted by Crippen LogP contribution is 2.25. The van der Waals surface area contributed by atoms with Gasteiger partial charge < -0.3 is 10.2 Å². The highest BCUT2D eigenvalue weighted by Gasteiger charge is 2.17. The number of thiophene rings is 2. The Morgan fingerprint density at radius 3 is 2.21 bits per heavy atom. The van der Waals surface area contributed by atoms with Gasteiger partial charge in [-0.05, 0) is 43.4 Å². The van der Waals surface area contributed by atoms with Gasteiger partial charge in [0.05, 0.1) is 6.04 Å². The molecule has 0 aliphatic heterocycles. The summed E-state index contributed by atoms with van der Waals surface area (Å²) in [5, 5.41) is 8.03. The standard InChI is InChI=1S/C15H22N2S2/c1-4-12(14-7-5-9-18-14)16-11-13(17(2)3)15-8-6-10-19-15/h5-10,12-13,16H,4,11H2,1-3H3. The van der Waals surface area contributed by atoms with E-state index in [1.807, 2.05) is 22.7 Å². The molecule has 0 saturated heterocycles. The molecule has 2 aromatic rings. The van der Waals surface area contributed by atoms with Crippen LogP contribution in [-0.4, -0.2) is 25.5 Å². The van der Waals surface area contributed by atoms with Crippen LogP contribution in [0.5, 0.6) is 0 Å². The van der Waals surface area contributed by atoms with Crippen molar-refractivity contribution in [1.82, 2.24) is 10.2 Å². The molecule has 0 amide bonds. The Kier molecular flexibility index (Phi) is 5.58. The van der Waals surface area contributed by atoms with Crippen LogP contribution in [0.4, 0.5) is 0 Å². The molecular weight excluding hydrogens is 272 g/mol. The fourth-order valence-electron chi connectivity index (χ4n) is 2.21. The topological polar surface area (TPSA) is 15.3 Å². The van der Waals surface area contributed by atoms with E-state index in [-0.39, 0.29) is 0 Å². The summed E-state index contributed by atoms with van der Waals surface area (Å²) in [5.74, 6) is 0. The number of nitrogens with one attached hydrogen (secondary N) is 1. The lowest BCUT2D eigenvalue weighted by atomic mass is 10.1. The summed E-state index contributed by atoms with van der Waals surface area (Å²) in [6.07, 6.45) is 1.13. The largest absolute Gasteiger partial charge is 0.307 e. The SMILES string of the molecule is CCC(NCC(c1cccs1)N(C)C)c1cccs1. The van der Waals surface area contributed by atoms with Crippen molar-refractivity contribution >= 4 is 22.7 Å². The minimum atomic E-state index is 0.453. The van der Waals surface area contributed by atoms with Crippen LogP contribution in [0.1, 0.15) is 35.2 Å². The molecule has 2 nitrogen and oxygen atoms in total. The molecule has 0 fully saturated rings. The summed E-state index contributed by atoms with van der Waals surface area (Å²) in [7, 11) is 4.30. The minimum Gasteiger partial charge on any atom is -0.307 e. The third kappa shape index (κ3) is 3.89. The first kappa shape index (κ1) is 14.7. The molecule has 0 aliphatic rings. The first-order valence-corrected chi connectivity index (χ1v) is 8.45. The van der Waals surface area contributed by atoms with E-state index in [1.165, 1.54) is 9.75 Å². The molecule has 2 unspecified atom stereocenters. The van der Waals surface area contributed by atoms with E-state index in [4.69, 9.17) is 0 Å². The average molecular weight is 294 g/mol. The summed E-state index contributed by atoms with van der Waals surface area (Å²) < 4.78 is 0. The molecule has 0 aromatic carbocycles. The monoisotopic (exact) mass is 294 g/mol. The second-order valence-corrected chi connectivity index (χ2v) is 6.84. The van der Waals surface area contributed by atoms with Crippen LogP contribution in [0, 0.1) is 0 Å². The van der Waals surface area contributed by atoms with Crippen molar-refractivity contribution < 1.29 is 0 Å². The molecule has 2 heterocycles. The fourth-order valence-corrected chi connectivity index (χ4v) is 4.02. The van der Waals surface area contributed by atoms with E-state index in [1.54, 1.807) is 0 Å². The summed E-state index contributed by atoms with van der Waals surface area (Å²) in [6.45, 7) is 3.23. The minimum absolute atomic E-state index is 0.453. The summed E-state index contributed by atoms with van der Waals surface area (Å²) >= 11 is 3.68. The van der Waals surface area contributed by atoms with Gasteiger partial charge in [-0.3, -0.25) is 0 Å². The van der Waals surface area contributed by atoms with E-state index in [2.05, 4.69) is 66.3 Å². The number of nitrogens with zero attached hydrogens (tertiary/aromatic N) is 1. The molecule has 4 heteroatoms. The summed E-state index contributed by atoms with van der Waals surface area (Å²) in [6, 6.07) is 9.64. The van der Waals surface area contributed by atoms with Crippen LogP contribution in [0.2, 0.25) is 0 Å². The van der Waals surface area contributed by atoms with Crippen molar-refractivity contribution in [2.45, 2.75) is 25.4 Å². The predicted molar refractivity (Wildman–Crippen MR) is 86.1 cm³/mol. The van der Waals surface area contributed by atoms with Crippen molar-refractivity contribution in [2.24, 2.45) is 0 Å². The molecule has 2 aromatic heterocycles. The van der Waals surface area contributed by atoms with Gasteiger partial charge in [0.15, 0.2) is 0 Å². The second kappa shape index (κ2) is 7.20. The van der Waals surface area contributed by atoms with Crippen LogP contribution < -0.4 is 5.32 Å². The Bertz CT molecular complexity index is 448. The van der Waals surface area contributed by atoms with Crippen LogP contribution >= 0.6 is 22.7 Å². The maximum atomic E-state index is 3.72. The van der Waals surface area contributed by atoms with Crippen molar-refractivity contribution in [2.75, 3.05) is 20.6 Å². The molecule has 2 rings (SSSR count). The zero-order valence-corrected chi connectivity index (χ0v) is 13.4. The van der Waals surface area contributed by atoms with E-state index in [0.717, 1.165) is 13.0 Å². The first-order valence-electron chi connectivity index (χ1n) is 6.69. The normalized spacial score (nSPS) is 14.7. The highest BCUT2D eigenvalue weighted by molar-refractivity contribution is 7.10. The molecule has 0 spiro atoms. The van der Waals surface area contributed by atoms with Gasteiger partial charge in [-0.2, -0.15) is 0 Å². The maximum Gasteiger partial charge on any atom is 0.0561 e. The van der Waals surface area contributed by atoms with Gasteiger partial charge in [-0.1, -0.05) is 19.1 Å². The van der Waals surface area contributed by atoms with Gasteiger partial charge in [0.1, 0.15) is 0 Å². The molecule has 2 atom stereocenters. The van der Waals surface area contributed by atoms with Gasteiger partial charge in [0.2, 0.25) is 0 Å². The molecule has 0 radical (unpaired) electrons. The molecule has 0 saturated carbocycles. The fraction of sp³-hybridized carbons (Fsp3) is 0.467. The number of hydrogen-bond donors (Lipinski definition) is 1. The van der Waals surface area contributed by atoms with Gasteiger partial charge >= 0.3 is 0 Å². The third-order valence-electron chi connectivity index (χ3n) is 3.35. The summed E-state index contributed by atoms with van der Waals surface area (Å²) in [4.78, 5) is 5.16. The van der Waals surface area contributed by atoms with Crippen LogP contribution in [-0.2, 0) is 0 Å². The lowest BCUT2D eigenvalue weighted by Gasteiger charge is -2.26. The Morgan fingerprint density at radius 1 is 1.11 bits per heavy atom. The van der Waals surface area contributed by atoms with Crippen molar-refractivity contribution in [3.05, 3.63) is 44.8 Å². The Labute approximate surface area is 124 Å². The highest BCUT2D eigenvalue weighted by atomic mass is 32.1. The number of rotatable bonds is 7. The number of hydrogen-bond acceptors (Lipinski definition) is 4. The lowest BCUT2D eigenvalue weighted by Crippen LogP contribution is -2.32. The van der Waals surface area contributed by atoms with E-state index >= 15 is 0 Å². The summed E-state index contributed by atoms with van der Waals surface area (Å²) in [5.41, 5.74) is 0. The molecule has 0 aliphatic carbocycles. The molecule has 1 N–H and O–H groups in total. The van der Waals surface area contributed by atoms with Gasteiger partial charge in [-0.15, -0.1) is 22.7 Å². The number of likely N-dealkylation sites (N-methyl/N-ethyl adjacent to an activating group) is 1. The average Bonchev–Trinajstić information content (AvgIpc) is 3.06. The van der Waals surface area contributed by atoms with Gasteiger partial charge in [-0.25, -0.2) is 0 Å². The van der Waals surface area contributed by atoms with E-state index < -0.39 is 0 Å². The first-order chi connectivity index (χ1) is 9.22. The Balaban J connectivity index is 1.99. The van der Waals surface area contributed by atoms with Gasteiger partial charge in [0, 0.05) is 22.3 Å². The van der Waals surface area contributed by atoms with E-state index in [0.29, 0.717) is 12.1 Å². The quantitative estimate of drug-likeness (QED) is 0.825. The van der Waals surface area contributed by atoms with Crippen molar-refractivity contribution in [1.29, 1.82) is 0 Å². The smallest absolute Gasteiger partial charge is 0.0561 e. The van der Waals surface area contributed by atoms with Gasteiger partial charge in [0.25, 0.3) is 0 Å². The van der Waals surface area contributed by atoms with Crippen LogP contribution in [0.15, 0.2) is 35.0 Å². The maximum absolute atomic E-state index is 3.72. The van der Waals surface area contributed by atoms with Crippen LogP contribution in [0.25, 0.3) is 0 Å². The van der Waals surface area contributed by atoms with Crippen LogP contribution in [0.3, 0.4) is 0 Å². The van der Waals surface area contributed by atoms with Crippen molar-refractivity contribution in [3.63, 3.8) is 0 Å². The predicted octanol–water partition coefficient (Wildman–Crippen LogP) is 4.15. The van der Waals surface area contributed by atoms with E-state index in [9.17, 15) is 0 Å². The lowest BCUT2D eigenvalue weighted by molar-refractivity contribution is 0.283. The molecule has 104 valence electrons. The molecule has 0 bridgehead atoms.